The number of carboxylic acids is 1. The molecule has 0 spiro atoms. The molecular weight excluding hydrogens is 711 g/mol. The van der Waals surface area contributed by atoms with Gasteiger partial charge in [-0.15, -0.1) is 0 Å². The van der Waals surface area contributed by atoms with Crippen LogP contribution in [0.4, 0.5) is 11.6 Å². The van der Waals surface area contributed by atoms with Crippen molar-refractivity contribution in [1.82, 2.24) is 19.9 Å². The van der Waals surface area contributed by atoms with Crippen molar-refractivity contribution in [3.8, 4) is 34.0 Å². The Bertz CT molecular complexity index is 2280. The number of hydrogen-bond acceptors (Lipinski definition) is 12. The predicted octanol–water partition coefficient (Wildman–Crippen LogP) is 4.61. The molecule has 6 rings (SSSR count). The first-order valence-electron chi connectivity index (χ1n) is 17.1. The Hall–Kier alpha value is -5.34. The Morgan fingerprint density at radius 1 is 0.600 bits per heavy atom. The maximum Gasteiger partial charge on any atom is 1.00 e. The van der Waals surface area contributed by atoms with Gasteiger partial charge < -0.3 is 34.6 Å². The SMILES string of the molecule is COC(=O)c1ccc2nc(-c3ccccc3OC)c(N(C)C(C)C)nc2c1.COc1ccccc1-c1nc2ccc(C(=O)O)cc2nc1N(C)C(C)C.[Na+].[OH-]. The van der Waals surface area contributed by atoms with Gasteiger partial charge in [-0.3, -0.25) is 0 Å². The smallest absolute Gasteiger partial charge is 0.870 e. The topological polar surface area (TPSA) is 170 Å². The zero-order valence-corrected chi connectivity index (χ0v) is 34.9. The van der Waals surface area contributed by atoms with Crippen LogP contribution in [0.15, 0.2) is 84.9 Å². The number of ether oxygens (including phenoxy) is 3. The minimum Gasteiger partial charge on any atom is -0.870 e. The van der Waals surface area contributed by atoms with Crippen LogP contribution in [0.3, 0.4) is 0 Å². The van der Waals surface area contributed by atoms with Crippen LogP contribution in [0, 0.1) is 0 Å². The average molecular weight is 757 g/mol. The van der Waals surface area contributed by atoms with E-state index < -0.39 is 11.9 Å². The fourth-order valence-corrected chi connectivity index (χ4v) is 5.49. The first kappa shape index (κ1) is 44.1. The first-order valence-corrected chi connectivity index (χ1v) is 17.1. The summed E-state index contributed by atoms with van der Waals surface area (Å²) in [4.78, 5) is 46.4. The number of carboxylic acid groups (broad SMARTS) is 1. The minimum atomic E-state index is -0.985. The van der Waals surface area contributed by atoms with E-state index in [1.807, 2.05) is 67.5 Å². The second-order valence-electron chi connectivity index (χ2n) is 12.8. The van der Waals surface area contributed by atoms with E-state index in [1.54, 1.807) is 44.6 Å². The number of aromatic nitrogens is 4. The van der Waals surface area contributed by atoms with Gasteiger partial charge in [0.2, 0.25) is 0 Å². The zero-order valence-electron chi connectivity index (χ0n) is 32.9. The Kier molecular flexibility index (Phi) is 15.5. The number of carbonyl (C=O) groups is 2. The number of methoxy groups -OCH3 is 3. The molecule has 2 heterocycles. The predicted molar refractivity (Wildman–Crippen MR) is 210 cm³/mol. The largest absolute Gasteiger partial charge is 1.00 e. The molecule has 55 heavy (non-hydrogen) atoms. The summed E-state index contributed by atoms with van der Waals surface area (Å²) in [6.07, 6.45) is 0. The monoisotopic (exact) mass is 756 g/mol. The maximum absolute atomic E-state index is 11.9. The summed E-state index contributed by atoms with van der Waals surface area (Å²) in [5.74, 6) is 1.47. The van der Waals surface area contributed by atoms with E-state index in [4.69, 9.17) is 34.1 Å². The fourth-order valence-electron chi connectivity index (χ4n) is 5.49. The molecule has 4 aromatic carbocycles. The van der Waals surface area contributed by atoms with Gasteiger partial charge in [0, 0.05) is 37.3 Å². The van der Waals surface area contributed by atoms with Gasteiger partial charge in [0.15, 0.2) is 11.6 Å². The van der Waals surface area contributed by atoms with E-state index in [2.05, 4.69) is 32.6 Å². The van der Waals surface area contributed by atoms with Crippen LogP contribution in [0.25, 0.3) is 44.6 Å². The van der Waals surface area contributed by atoms with E-state index in [1.165, 1.54) is 13.2 Å². The van der Waals surface area contributed by atoms with Crippen LogP contribution in [-0.2, 0) is 4.74 Å². The molecular formula is C41H45N6NaO7. The molecule has 0 fully saturated rings. The summed E-state index contributed by atoms with van der Waals surface area (Å²) in [6.45, 7) is 8.29. The quantitative estimate of drug-likeness (QED) is 0.152. The Labute approximate surface area is 342 Å². The summed E-state index contributed by atoms with van der Waals surface area (Å²) in [5, 5.41) is 9.24. The van der Waals surface area contributed by atoms with Crippen LogP contribution in [-0.4, -0.2) is 90.0 Å². The Morgan fingerprint density at radius 3 is 1.38 bits per heavy atom. The molecule has 0 saturated carbocycles. The number of anilines is 2. The van der Waals surface area contributed by atoms with E-state index in [0.29, 0.717) is 44.9 Å². The molecule has 0 aliphatic carbocycles. The van der Waals surface area contributed by atoms with Crippen molar-refractivity contribution in [3.63, 3.8) is 0 Å². The molecule has 0 unspecified atom stereocenters. The second kappa shape index (κ2) is 19.3. The van der Waals surface area contributed by atoms with E-state index >= 15 is 0 Å². The van der Waals surface area contributed by atoms with E-state index in [-0.39, 0.29) is 52.7 Å². The number of fused-ring (bicyclic) bond motifs is 2. The van der Waals surface area contributed by atoms with Gasteiger partial charge in [-0.1, -0.05) is 24.3 Å². The number of nitrogens with zero attached hydrogens (tertiary/aromatic N) is 6. The molecule has 14 heteroatoms. The molecule has 0 aliphatic heterocycles. The van der Waals surface area contributed by atoms with Crippen LogP contribution < -0.4 is 48.8 Å². The first-order chi connectivity index (χ1) is 25.4. The normalized spacial score (nSPS) is 10.5. The molecule has 0 bridgehead atoms. The zero-order chi connectivity index (χ0) is 38.4. The molecule has 2 aromatic heterocycles. The molecule has 6 aromatic rings. The number of benzene rings is 4. The van der Waals surface area contributed by atoms with Crippen molar-refractivity contribution >= 4 is 45.6 Å². The van der Waals surface area contributed by atoms with Crippen molar-refractivity contribution in [2.24, 2.45) is 0 Å². The maximum atomic E-state index is 11.9. The third-order valence-electron chi connectivity index (χ3n) is 8.90. The fraction of sp³-hybridized carbons (Fsp3) is 0.268. The third-order valence-corrected chi connectivity index (χ3v) is 8.90. The number of carbonyl (C=O) groups excluding carboxylic acids is 1. The van der Waals surface area contributed by atoms with Crippen LogP contribution in [0.5, 0.6) is 11.5 Å². The molecule has 0 radical (unpaired) electrons. The van der Waals surface area contributed by atoms with Gasteiger partial charge in [0.1, 0.15) is 22.9 Å². The molecule has 0 aliphatic rings. The van der Waals surface area contributed by atoms with Crippen LogP contribution in [0.1, 0.15) is 48.4 Å². The van der Waals surface area contributed by atoms with Gasteiger partial charge in [-0.25, -0.2) is 29.5 Å². The minimum absolute atomic E-state index is 0. The van der Waals surface area contributed by atoms with Crippen molar-refractivity contribution in [1.29, 1.82) is 0 Å². The van der Waals surface area contributed by atoms with Crippen molar-refractivity contribution in [3.05, 3.63) is 96.1 Å². The number of rotatable bonds is 10. The van der Waals surface area contributed by atoms with Crippen LogP contribution >= 0.6 is 0 Å². The number of esters is 1. The Balaban J connectivity index is 0.000000285. The molecule has 0 saturated heterocycles. The van der Waals surface area contributed by atoms with Gasteiger partial charge in [-0.05, 0) is 88.4 Å². The van der Waals surface area contributed by atoms with Crippen LogP contribution in [0.2, 0.25) is 0 Å². The van der Waals surface area contributed by atoms with Gasteiger partial charge in [0.05, 0.1) is 54.5 Å². The number of para-hydroxylation sites is 2. The molecule has 0 amide bonds. The van der Waals surface area contributed by atoms with Crippen molar-refractivity contribution in [2.75, 3.05) is 45.2 Å². The summed E-state index contributed by atoms with van der Waals surface area (Å²) in [7, 11) is 8.55. The molecule has 0 atom stereocenters. The van der Waals surface area contributed by atoms with E-state index in [9.17, 15) is 14.7 Å². The summed E-state index contributed by atoms with van der Waals surface area (Å²) >= 11 is 0. The Morgan fingerprint density at radius 2 is 1.00 bits per heavy atom. The average Bonchev–Trinajstić information content (AvgIpc) is 3.18. The van der Waals surface area contributed by atoms with E-state index in [0.717, 1.165) is 28.4 Å². The summed E-state index contributed by atoms with van der Waals surface area (Å²) < 4.78 is 15.8. The van der Waals surface area contributed by atoms with Crippen molar-refractivity contribution in [2.45, 2.75) is 39.8 Å². The summed E-state index contributed by atoms with van der Waals surface area (Å²) in [6, 6.07) is 25.8. The van der Waals surface area contributed by atoms with Gasteiger partial charge in [0.25, 0.3) is 0 Å². The van der Waals surface area contributed by atoms with Gasteiger partial charge in [-0.2, -0.15) is 0 Å². The summed E-state index contributed by atoms with van der Waals surface area (Å²) in [5.41, 5.74) is 6.31. The second-order valence-corrected chi connectivity index (χ2v) is 12.8. The molecule has 2 N–H and O–H groups in total. The van der Waals surface area contributed by atoms with Crippen molar-refractivity contribution < 1.29 is 63.9 Å². The molecule has 282 valence electrons. The third kappa shape index (κ3) is 9.67. The number of aromatic carboxylic acids is 1. The number of hydrogen-bond donors (Lipinski definition) is 1. The van der Waals surface area contributed by atoms with Gasteiger partial charge >= 0.3 is 41.5 Å². The standard InChI is InChI=1S/C21H23N3O3.C20H21N3O3.Na.H2O/c1-13(2)24(3)20-19(15-8-6-7-9-18(15)26-4)22-16-11-10-14(21(25)27-5)12-17(16)23-20;1-12(2)23(3)19-18(14-7-5-6-8-17(14)26-4)21-15-10-9-13(20(24)25)11-16(15)22-19;;/h6-13H,1-5H3;5-12H,1-4H3,(H,24,25);;1H2/q;;+1;/p-1. The molecule has 13 nitrogen and oxygen atoms in total.